The molecule has 2 rings (SSSR count). The topological polar surface area (TPSA) is 67.8 Å². The summed E-state index contributed by atoms with van der Waals surface area (Å²) in [5.41, 5.74) is 1.43. The number of nitrogens with one attached hydrogen (secondary N) is 2. The minimum Gasteiger partial charge on any atom is -0.481 e. The molecule has 0 atom stereocenters. The Bertz CT molecular complexity index is 516. The summed E-state index contributed by atoms with van der Waals surface area (Å²) < 4.78 is 10.4. The molecule has 0 aliphatic heterocycles. The lowest BCUT2D eigenvalue weighted by molar-refractivity contribution is 0.138. The first-order valence-electron chi connectivity index (χ1n) is 8.64. The van der Waals surface area contributed by atoms with Crippen LogP contribution < -0.4 is 15.4 Å². The van der Waals surface area contributed by atoms with E-state index in [9.17, 15) is 0 Å². The van der Waals surface area contributed by atoms with E-state index in [4.69, 9.17) is 9.47 Å². The van der Waals surface area contributed by atoms with Crippen LogP contribution in [-0.2, 0) is 11.3 Å². The zero-order chi connectivity index (χ0) is 17.3. The lowest BCUT2D eigenvalue weighted by Gasteiger charge is -2.30. The molecule has 7 heteroatoms. The monoisotopic (exact) mass is 462 g/mol. The van der Waals surface area contributed by atoms with Crippen molar-refractivity contribution in [3.8, 4) is 5.88 Å². The number of hydrogen-bond donors (Lipinski definition) is 2. The average Bonchev–Trinajstić information content (AvgIpc) is 3.10. The van der Waals surface area contributed by atoms with Gasteiger partial charge in [-0.25, -0.2) is 4.98 Å². The third-order valence-electron chi connectivity index (χ3n) is 4.82. The summed E-state index contributed by atoms with van der Waals surface area (Å²) in [5, 5.41) is 6.84. The predicted molar refractivity (Wildman–Crippen MR) is 112 cm³/mol. The third-order valence-corrected chi connectivity index (χ3v) is 4.82. The van der Waals surface area contributed by atoms with Gasteiger partial charge in [0.05, 0.1) is 7.11 Å². The third kappa shape index (κ3) is 6.97. The molecule has 0 amide bonds. The molecule has 25 heavy (non-hydrogen) atoms. The van der Waals surface area contributed by atoms with E-state index in [1.54, 1.807) is 21.3 Å². The van der Waals surface area contributed by atoms with Crippen molar-refractivity contribution in [2.45, 2.75) is 38.6 Å². The Kier molecular flexibility index (Phi) is 10.1. The molecule has 0 saturated heterocycles. The molecule has 6 nitrogen and oxygen atoms in total. The Hall–Kier alpha value is -1.09. The van der Waals surface area contributed by atoms with Crippen LogP contribution in [0.1, 0.15) is 37.7 Å². The van der Waals surface area contributed by atoms with E-state index < -0.39 is 0 Å². The van der Waals surface area contributed by atoms with Gasteiger partial charge >= 0.3 is 0 Å². The fraction of sp³-hybridized carbons (Fsp3) is 0.667. The molecule has 0 spiro atoms. The summed E-state index contributed by atoms with van der Waals surface area (Å²) in [6.45, 7) is 2.45. The van der Waals surface area contributed by atoms with Crippen LogP contribution in [0, 0.1) is 5.41 Å². The summed E-state index contributed by atoms with van der Waals surface area (Å²) >= 11 is 0. The van der Waals surface area contributed by atoms with Crippen LogP contribution in [0.5, 0.6) is 5.88 Å². The van der Waals surface area contributed by atoms with Crippen molar-refractivity contribution >= 4 is 29.9 Å². The summed E-state index contributed by atoms with van der Waals surface area (Å²) in [7, 11) is 5.20. The fourth-order valence-electron chi connectivity index (χ4n) is 3.27. The lowest BCUT2D eigenvalue weighted by atomic mass is 9.83. The molecule has 1 aromatic heterocycles. The number of hydrogen-bond acceptors (Lipinski definition) is 4. The predicted octanol–water partition coefficient (Wildman–Crippen LogP) is 2.97. The smallest absolute Gasteiger partial charge is 0.212 e. The molecule has 1 fully saturated rings. The van der Waals surface area contributed by atoms with Crippen molar-refractivity contribution in [1.29, 1.82) is 0 Å². The van der Waals surface area contributed by atoms with E-state index in [-0.39, 0.29) is 24.0 Å². The van der Waals surface area contributed by atoms with Crippen LogP contribution in [0.15, 0.2) is 23.3 Å². The van der Waals surface area contributed by atoms with Gasteiger partial charge in [0.2, 0.25) is 5.88 Å². The Morgan fingerprint density at radius 2 is 2.00 bits per heavy atom. The fourth-order valence-corrected chi connectivity index (χ4v) is 3.27. The van der Waals surface area contributed by atoms with Gasteiger partial charge in [0.15, 0.2) is 5.96 Å². The van der Waals surface area contributed by atoms with Crippen molar-refractivity contribution in [1.82, 2.24) is 15.6 Å². The first kappa shape index (κ1) is 22.0. The van der Waals surface area contributed by atoms with Crippen LogP contribution in [-0.4, -0.2) is 45.4 Å². The number of aliphatic imine (C=N–C) groups is 1. The van der Waals surface area contributed by atoms with Crippen molar-refractivity contribution in [2.75, 3.05) is 34.4 Å². The molecule has 0 unspecified atom stereocenters. The molecule has 1 saturated carbocycles. The molecular weight excluding hydrogens is 431 g/mol. The van der Waals surface area contributed by atoms with Crippen LogP contribution in [0.4, 0.5) is 0 Å². The number of rotatable bonds is 8. The summed E-state index contributed by atoms with van der Waals surface area (Å²) in [6.07, 6.45) is 8.08. The zero-order valence-electron chi connectivity index (χ0n) is 15.5. The first-order chi connectivity index (χ1) is 11.7. The molecule has 0 radical (unpaired) electrons. The minimum absolute atomic E-state index is 0. The van der Waals surface area contributed by atoms with Gasteiger partial charge in [-0.3, -0.25) is 4.99 Å². The number of nitrogens with zero attached hydrogens (tertiary/aromatic N) is 2. The second kappa shape index (κ2) is 11.5. The Morgan fingerprint density at radius 3 is 2.56 bits per heavy atom. The van der Waals surface area contributed by atoms with Gasteiger partial charge in [0.25, 0.3) is 0 Å². The highest BCUT2D eigenvalue weighted by atomic mass is 127. The molecule has 1 aliphatic carbocycles. The summed E-state index contributed by atoms with van der Waals surface area (Å²) in [5.74, 6) is 1.46. The Morgan fingerprint density at radius 1 is 1.24 bits per heavy atom. The zero-order valence-corrected chi connectivity index (χ0v) is 17.8. The minimum atomic E-state index is 0. The van der Waals surface area contributed by atoms with E-state index >= 15 is 0 Å². The van der Waals surface area contributed by atoms with Gasteiger partial charge in [0.1, 0.15) is 0 Å². The number of pyridine rings is 1. The number of ether oxygens (including phenoxy) is 2. The van der Waals surface area contributed by atoms with Gasteiger partial charge in [-0.05, 0) is 30.2 Å². The highest BCUT2D eigenvalue weighted by Gasteiger charge is 2.33. The Balaban J connectivity index is 0.00000312. The average molecular weight is 462 g/mol. The molecule has 0 bridgehead atoms. The van der Waals surface area contributed by atoms with E-state index in [0.29, 0.717) is 17.8 Å². The van der Waals surface area contributed by atoms with Crippen LogP contribution in [0.3, 0.4) is 0 Å². The molecule has 2 N–H and O–H groups in total. The normalized spacial score (nSPS) is 16.2. The molecule has 0 aromatic carbocycles. The van der Waals surface area contributed by atoms with Crippen molar-refractivity contribution < 1.29 is 9.47 Å². The molecule has 1 heterocycles. The highest BCUT2D eigenvalue weighted by Crippen LogP contribution is 2.40. The van der Waals surface area contributed by atoms with Crippen molar-refractivity contribution in [3.05, 3.63) is 23.9 Å². The molecule has 1 aliphatic rings. The van der Waals surface area contributed by atoms with Crippen LogP contribution >= 0.6 is 24.0 Å². The van der Waals surface area contributed by atoms with E-state index in [1.165, 1.54) is 25.7 Å². The maximum absolute atomic E-state index is 5.30. The van der Waals surface area contributed by atoms with Gasteiger partial charge in [-0.2, -0.15) is 0 Å². The van der Waals surface area contributed by atoms with Crippen LogP contribution in [0.2, 0.25) is 0 Å². The maximum Gasteiger partial charge on any atom is 0.212 e. The standard InChI is InChI=1S/C18H30N4O2.HI/c1-19-17(21-13-15-6-7-16(24-3)20-12-15)22-14-18(10-11-23-2)8-4-5-9-18;/h6-7,12H,4-5,8-11,13-14H2,1-3H3,(H2,19,21,22);1H. The van der Waals surface area contributed by atoms with Crippen molar-refractivity contribution in [3.63, 3.8) is 0 Å². The maximum atomic E-state index is 5.30. The van der Waals surface area contributed by atoms with E-state index in [0.717, 1.165) is 31.1 Å². The summed E-state index contributed by atoms with van der Waals surface area (Å²) in [4.78, 5) is 8.55. The lowest BCUT2D eigenvalue weighted by Crippen LogP contribution is -2.43. The van der Waals surface area contributed by atoms with Gasteiger partial charge < -0.3 is 20.1 Å². The molecular formula is C18H31IN4O2. The summed E-state index contributed by atoms with van der Waals surface area (Å²) in [6, 6.07) is 3.87. The number of aromatic nitrogens is 1. The van der Waals surface area contributed by atoms with Crippen LogP contribution in [0.25, 0.3) is 0 Å². The quantitative estimate of drug-likeness (QED) is 0.353. The van der Waals surface area contributed by atoms with E-state index in [1.807, 2.05) is 18.3 Å². The second-order valence-electron chi connectivity index (χ2n) is 6.44. The highest BCUT2D eigenvalue weighted by molar-refractivity contribution is 14.0. The largest absolute Gasteiger partial charge is 0.481 e. The molecule has 1 aromatic rings. The SMILES string of the molecule is CN=C(NCc1ccc(OC)nc1)NCC1(CCOC)CCCC1.I. The number of halogens is 1. The number of guanidine groups is 1. The first-order valence-corrected chi connectivity index (χ1v) is 8.64. The van der Waals surface area contributed by atoms with E-state index in [2.05, 4.69) is 20.6 Å². The second-order valence-corrected chi connectivity index (χ2v) is 6.44. The number of methoxy groups -OCH3 is 2. The van der Waals surface area contributed by atoms with Gasteiger partial charge in [0, 0.05) is 46.1 Å². The Labute approximate surface area is 168 Å². The molecule has 142 valence electrons. The van der Waals surface area contributed by atoms with Gasteiger partial charge in [-0.1, -0.05) is 18.9 Å². The van der Waals surface area contributed by atoms with Gasteiger partial charge in [-0.15, -0.1) is 24.0 Å². The van der Waals surface area contributed by atoms with Crippen molar-refractivity contribution in [2.24, 2.45) is 10.4 Å².